The minimum absolute atomic E-state index is 0.0561. The van der Waals surface area contributed by atoms with E-state index in [1.807, 2.05) is 0 Å². The Bertz CT molecular complexity index is 358. The van der Waals surface area contributed by atoms with E-state index >= 15 is 0 Å². The van der Waals surface area contributed by atoms with Crippen LogP contribution in [0.3, 0.4) is 0 Å². The Balaban J connectivity index is 2.76. The van der Waals surface area contributed by atoms with E-state index < -0.39 is 0 Å². The summed E-state index contributed by atoms with van der Waals surface area (Å²) in [7, 11) is 0. The van der Waals surface area contributed by atoms with Gasteiger partial charge in [0.15, 0.2) is 0 Å². The van der Waals surface area contributed by atoms with Gasteiger partial charge in [-0.2, -0.15) is 0 Å². The summed E-state index contributed by atoms with van der Waals surface area (Å²) in [6.07, 6.45) is 1.22. The van der Waals surface area contributed by atoms with Crippen molar-refractivity contribution in [1.82, 2.24) is 0 Å². The van der Waals surface area contributed by atoms with Crippen molar-refractivity contribution in [3.8, 4) is 0 Å². The zero-order chi connectivity index (χ0) is 15.1. The summed E-state index contributed by atoms with van der Waals surface area (Å²) in [6.45, 7) is 24.0. The molecule has 1 saturated carbocycles. The van der Waals surface area contributed by atoms with Gasteiger partial charge in [-0.25, -0.2) is 0 Å². The van der Waals surface area contributed by atoms with E-state index in [0.29, 0.717) is 0 Å². The molecular formula is C17H32OS. The van der Waals surface area contributed by atoms with Crippen LogP contribution in [-0.4, -0.2) is 10.3 Å². The molecule has 0 aromatic heterocycles. The maximum atomic E-state index is 6.40. The van der Waals surface area contributed by atoms with Gasteiger partial charge in [-0.15, -0.1) is 0 Å². The van der Waals surface area contributed by atoms with Crippen molar-refractivity contribution in [2.24, 2.45) is 21.7 Å². The second kappa shape index (κ2) is 3.55. The zero-order valence-corrected chi connectivity index (χ0v) is 15.3. The fraction of sp³-hybridized carbons (Fsp3) is 1.00. The Morgan fingerprint density at radius 1 is 0.789 bits per heavy atom. The van der Waals surface area contributed by atoms with E-state index in [1.165, 1.54) is 6.42 Å². The summed E-state index contributed by atoms with van der Waals surface area (Å²) in [5.74, 6) is 0. The molecular weight excluding hydrogens is 252 g/mol. The molecule has 112 valence electrons. The Morgan fingerprint density at radius 2 is 1.26 bits per heavy atom. The lowest BCUT2D eigenvalue weighted by atomic mass is 9.53. The van der Waals surface area contributed by atoms with Gasteiger partial charge in [0.2, 0.25) is 0 Å². The standard InChI is InChI=1S/C17H32OS/c1-12(2,3)16-14(7,8)11-15(9,10)17(16,19-18-16)13(4,5)6/h11H2,1-10H3/t16-,17+/m1/s1. The molecule has 2 heteroatoms. The molecule has 0 N–H and O–H groups in total. The molecule has 1 heterocycles. The molecule has 0 spiro atoms. The first-order chi connectivity index (χ1) is 8.16. The SMILES string of the molecule is CC(C)(C)[C@]12OS[C@@]1(C(C)(C)C)C(C)(C)CC2(C)C. The Hall–Kier alpha value is 0.310. The van der Waals surface area contributed by atoms with Crippen molar-refractivity contribution in [2.75, 3.05) is 0 Å². The fourth-order valence-corrected chi connectivity index (χ4v) is 8.10. The topological polar surface area (TPSA) is 9.23 Å². The van der Waals surface area contributed by atoms with E-state index in [2.05, 4.69) is 69.2 Å². The smallest absolute Gasteiger partial charge is 0.111 e. The number of hydrogen-bond donors (Lipinski definition) is 0. The molecule has 0 radical (unpaired) electrons. The van der Waals surface area contributed by atoms with E-state index in [4.69, 9.17) is 4.18 Å². The lowest BCUT2D eigenvalue weighted by Gasteiger charge is -2.70. The van der Waals surface area contributed by atoms with Crippen molar-refractivity contribution in [1.29, 1.82) is 0 Å². The highest BCUT2D eigenvalue weighted by atomic mass is 32.2. The van der Waals surface area contributed by atoms with Gasteiger partial charge in [-0.3, -0.25) is 0 Å². The summed E-state index contributed by atoms with van der Waals surface area (Å²) in [5, 5.41) is 0. The van der Waals surface area contributed by atoms with Crippen LogP contribution in [0, 0.1) is 21.7 Å². The molecule has 0 aromatic carbocycles. The monoisotopic (exact) mass is 284 g/mol. The van der Waals surface area contributed by atoms with Crippen LogP contribution in [0.4, 0.5) is 0 Å². The van der Waals surface area contributed by atoms with Crippen LogP contribution in [0.15, 0.2) is 0 Å². The van der Waals surface area contributed by atoms with Crippen molar-refractivity contribution in [2.45, 2.75) is 86.0 Å². The highest BCUT2D eigenvalue weighted by molar-refractivity contribution is 7.97. The number of rotatable bonds is 0. The van der Waals surface area contributed by atoms with Gasteiger partial charge >= 0.3 is 0 Å². The fourth-order valence-electron chi connectivity index (χ4n) is 6.08. The first-order valence-electron chi connectivity index (χ1n) is 7.53. The van der Waals surface area contributed by atoms with Crippen molar-refractivity contribution in [3.63, 3.8) is 0 Å². The molecule has 1 nitrogen and oxygen atoms in total. The average Bonchev–Trinajstić information content (AvgIpc) is 1.98. The predicted molar refractivity (Wildman–Crippen MR) is 85.2 cm³/mol. The largest absolute Gasteiger partial charge is 0.305 e. The van der Waals surface area contributed by atoms with Gasteiger partial charge in [0.25, 0.3) is 0 Å². The van der Waals surface area contributed by atoms with Crippen molar-refractivity contribution < 1.29 is 4.18 Å². The Kier molecular flexibility index (Phi) is 2.93. The zero-order valence-electron chi connectivity index (χ0n) is 14.5. The minimum Gasteiger partial charge on any atom is -0.305 e. The number of hydrogen-bond acceptors (Lipinski definition) is 2. The van der Waals surface area contributed by atoms with Crippen LogP contribution in [0.2, 0.25) is 0 Å². The molecule has 2 aliphatic rings. The number of fused-ring (bicyclic) bond motifs is 1. The third kappa shape index (κ3) is 1.43. The van der Waals surface area contributed by atoms with Crippen LogP contribution < -0.4 is 0 Å². The predicted octanol–water partition coefficient (Wildman–Crippen LogP) is 5.69. The molecule has 2 atom stereocenters. The Labute approximate surface area is 124 Å². The van der Waals surface area contributed by atoms with Crippen LogP contribution in [0.25, 0.3) is 0 Å². The highest BCUT2D eigenvalue weighted by Gasteiger charge is 2.85. The molecule has 0 amide bonds. The second-order valence-corrected chi connectivity index (χ2v) is 10.9. The van der Waals surface area contributed by atoms with E-state index in [0.717, 1.165) is 0 Å². The normalized spacial score (nSPS) is 40.7. The third-order valence-electron chi connectivity index (χ3n) is 5.69. The Morgan fingerprint density at radius 3 is 1.47 bits per heavy atom. The van der Waals surface area contributed by atoms with E-state index in [1.54, 1.807) is 12.0 Å². The average molecular weight is 285 g/mol. The van der Waals surface area contributed by atoms with Crippen molar-refractivity contribution >= 4 is 12.0 Å². The van der Waals surface area contributed by atoms with Gasteiger partial charge in [0.1, 0.15) is 5.60 Å². The lowest BCUT2D eigenvalue weighted by Crippen LogP contribution is -2.76. The second-order valence-electron chi connectivity index (χ2n) is 9.97. The first-order valence-corrected chi connectivity index (χ1v) is 8.27. The molecule has 0 bridgehead atoms. The maximum absolute atomic E-state index is 6.40. The van der Waals surface area contributed by atoms with E-state index in [-0.39, 0.29) is 32.0 Å². The first kappa shape index (κ1) is 15.7. The molecule has 1 aliphatic heterocycles. The molecule has 2 rings (SSSR count). The summed E-state index contributed by atoms with van der Waals surface area (Å²) in [4.78, 5) is 0. The third-order valence-corrected chi connectivity index (χ3v) is 7.73. The molecule has 2 fully saturated rings. The summed E-state index contributed by atoms with van der Waals surface area (Å²) < 4.78 is 6.58. The minimum atomic E-state index is -0.0561. The van der Waals surface area contributed by atoms with Crippen LogP contribution >= 0.6 is 12.0 Å². The van der Waals surface area contributed by atoms with Crippen molar-refractivity contribution in [3.05, 3.63) is 0 Å². The van der Waals surface area contributed by atoms with Crippen LogP contribution in [-0.2, 0) is 4.18 Å². The summed E-state index contributed by atoms with van der Waals surface area (Å²) in [5.41, 5.74) is 0.793. The van der Waals surface area contributed by atoms with Crippen LogP contribution in [0.1, 0.15) is 75.7 Å². The van der Waals surface area contributed by atoms with Gasteiger partial charge in [-0.05, 0) is 28.1 Å². The van der Waals surface area contributed by atoms with Crippen LogP contribution in [0.5, 0.6) is 0 Å². The molecule has 19 heavy (non-hydrogen) atoms. The highest BCUT2D eigenvalue weighted by Crippen LogP contribution is 2.83. The lowest BCUT2D eigenvalue weighted by molar-refractivity contribution is -0.174. The summed E-state index contributed by atoms with van der Waals surface area (Å²) in [6, 6.07) is 0. The van der Waals surface area contributed by atoms with Gasteiger partial charge < -0.3 is 4.18 Å². The van der Waals surface area contributed by atoms with Gasteiger partial charge in [-0.1, -0.05) is 69.2 Å². The van der Waals surface area contributed by atoms with Gasteiger partial charge in [0, 0.05) is 12.0 Å². The molecule has 1 aliphatic carbocycles. The van der Waals surface area contributed by atoms with E-state index in [9.17, 15) is 0 Å². The summed E-state index contributed by atoms with van der Waals surface area (Å²) >= 11 is 1.77. The molecule has 0 unspecified atom stereocenters. The maximum Gasteiger partial charge on any atom is 0.111 e. The molecule has 0 aromatic rings. The molecule has 1 saturated heterocycles. The quantitative estimate of drug-likeness (QED) is 0.528. The van der Waals surface area contributed by atoms with Gasteiger partial charge in [0.05, 0.1) is 4.75 Å².